The lowest BCUT2D eigenvalue weighted by Crippen LogP contribution is -2.53. The van der Waals surface area contributed by atoms with Gasteiger partial charge in [0.25, 0.3) is 11.8 Å². The van der Waals surface area contributed by atoms with Crippen LogP contribution in [-0.2, 0) is 4.74 Å². The Morgan fingerprint density at radius 1 is 1.24 bits per heavy atom. The summed E-state index contributed by atoms with van der Waals surface area (Å²) in [6.07, 6.45) is 1.75. The van der Waals surface area contributed by atoms with Gasteiger partial charge in [-0.05, 0) is 37.6 Å². The average molecular weight is 585 g/mol. The van der Waals surface area contributed by atoms with E-state index < -0.39 is 11.7 Å². The minimum atomic E-state index is -0.768. The summed E-state index contributed by atoms with van der Waals surface area (Å²) in [6, 6.07) is 7.39. The fourth-order valence-corrected chi connectivity index (χ4v) is 5.09. The second-order valence-corrected chi connectivity index (χ2v) is 10.2. The smallest absolute Gasteiger partial charge is 0.258 e. The minimum absolute atomic E-state index is 0.00215. The molecule has 5 rings (SSSR count). The highest BCUT2D eigenvalue weighted by molar-refractivity contribution is 6.31. The molecule has 1 fully saturated rings. The molecule has 3 N–H and O–H groups in total. The van der Waals surface area contributed by atoms with Gasteiger partial charge in [-0.15, -0.1) is 0 Å². The highest BCUT2D eigenvalue weighted by atomic mass is 35.5. The third kappa shape index (κ3) is 5.63. The molecule has 0 saturated carbocycles. The van der Waals surface area contributed by atoms with Crippen molar-refractivity contribution in [3.63, 3.8) is 0 Å². The van der Waals surface area contributed by atoms with E-state index in [0.717, 1.165) is 11.6 Å². The summed E-state index contributed by atoms with van der Waals surface area (Å²) in [7, 11) is 4.69. The first-order valence-electron chi connectivity index (χ1n) is 13.0. The summed E-state index contributed by atoms with van der Waals surface area (Å²) >= 11 is 6.32. The van der Waals surface area contributed by atoms with Crippen molar-refractivity contribution < 1.29 is 28.2 Å². The normalized spacial score (nSPS) is 20.0. The van der Waals surface area contributed by atoms with Gasteiger partial charge in [-0.3, -0.25) is 9.59 Å². The highest BCUT2D eigenvalue weighted by Crippen LogP contribution is 2.40. The van der Waals surface area contributed by atoms with E-state index in [0.29, 0.717) is 30.8 Å². The van der Waals surface area contributed by atoms with Crippen molar-refractivity contribution in [2.75, 3.05) is 39.7 Å². The van der Waals surface area contributed by atoms with Gasteiger partial charge < -0.3 is 35.1 Å². The Bertz CT molecular complexity index is 1490. The number of benzene rings is 2. The molecule has 2 aromatic carbocycles. The molecule has 41 heavy (non-hydrogen) atoms. The van der Waals surface area contributed by atoms with Crippen LogP contribution in [0.25, 0.3) is 0 Å². The van der Waals surface area contributed by atoms with Crippen LogP contribution >= 0.6 is 11.6 Å². The van der Waals surface area contributed by atoms with Crippen molar-refractivity contribution in [3.8, 4) is 17.4 Å². The zero-order valence-corrected chi connectivity index (χ0v) is 23.7. The quantitative estimate of drug-likeness (QED) is 0.359. The van der Waals surface area contributed by atoms with Crippen molar-refractivity contribution in [2.24, 2.45) is 0 Å². The number of piperidine rings is 1. The van der Waals surface area contributed by atoms with Crippen LogP contribution in [0, 0.1) is 5.82 Å². The second-order valence-electron chi connectivity index (χ2n) is 9.77. The molecule has 13 heteroatoms. The number of anilines is 2. The Morgan fingerprint density at radius 3 is 2.80 bits per heavy atom. The van der Waals surface area contributed by atoms with Gasteiger partial charge in [0.2, 0.25) is 11.8 Å². The third-order valence-corrected chi connectivity index (χ3v) is 7.63. The van der Waals surface area contributed by atoms with E-state index in [4.69, 9.17) is 25.8 Å². The molecule has 2 aliphatic rings. The number of fused-ring (bicyclic) bond motifs is 1. The Kier molecular flexibility index (Phi) is 8.25. The summed E-state index contributed by atoms with van der Waals surface area (Å²) in [5.74, 6) is -0.999. The van der Waals surface area contributed by atoms with E-state index in [-0.39, 0.29) is 57.9 Å². The maximum Gasteiger partial charge on any atom is 0.258 e. The van der Waals surface area contributed by atoms with Crippen LogP contribution in [0.4, 0.5) is 16.0 Å². The van der Waals surface area contributed by atoms with E-state index in [1.54, 1.807) is 31.2 Å². The maximum atomic E-state index is 15.2. The number of nitrogens with zero attached hydrogens (tertiary/aromatic N) is 3. The highest BCUT2D eigenvalue weighted by Gasteiger charge is 2.34. The maximum absolute atomic E-state index is 15.2. The molecule has 1 aromatic heterocycles. The number of aromatic nitrogens is 2. The Balaban J connectivity index is 1.37. The Labute approximate surface area is 241 Å². The predicted molar refractivity (Wildman–Crippen MR) is 150 cm³/mol. The largest absolute Gasteiger partial charge is 0.495 e. The fraction of sp³-hybridized carbons (Fsp3) is 0.357. The summed E-state index contributed by atoms with van der Waals surface area (Å²) in [6.45, 7) is 3.23. The average Bonchev–Trinajstić information content (AvgIpc) is 3.19. The van der Waals surface area contributed by atoms with E-state index in [1.165, 1.54) is 19.4 Å². The number of rotatable bonds is 8. The predicted octanol–water partition coefficient (Wildman–Crippen LogP) is 4.07. The molecule has 3 aromatic rings. The van der Waals surface area contributed by atoms with Crippen LogP contribution < -0.4 is 25.4 Å². The number of carbonyl (C=O) groups excluding carboxylic acids is 2. The fourth-order valence-electron chi connectivity index (χ4n) is 4.96. The SMILES string of the molecule is COc1cc(C(=O)N[C@@H]2CCNC[C@@H]2OC)c(F)cc1Nc1ncc(Cl)c(Oc2cccc3c2C(=O)N(C)C3C)n1. The number of amides is 2. The van der Waals surface area contributed by atoms with Gasteiger partial charge in [0, 0.05) is 26.8 Å². The first kappa shape index (κ1) is 28.5. The van der Waals surface area contributed by atoms with Crippen LogP contribution in [-0.4, -0.2) is 73.2 Å². The van der Waals surface area contributed by atoms with Crippen molar-refractivity contribution in [1.82, 2.24) is 25.5 Å². The summed E-state index contributed by atoms with van der Waals surface area (Å²) in [5.41, 5.74) is 1.27. The molecule has 1 unspecified atom stereocenters. The number of hydrogen-bond acceptors (Lipinski definition) is 9. The molecular formula is C28H30ClFN6O5. The second kappa shape index (κ2) is 11.9. The van der Waals surface area contributed by atoms with Crippen LogP contribution in [0.1, 0.15) is 45.7 Å². The molecule has 0 spiro atoms. The number of methoxy groups -OCH3 is 2. The number of ether oxygens (including phenoxy) is 3. The monoisotopic (exact) mass is 584 g/mol. The molecule has 1 saturated heterocycles. The number of hydrogen-bond donors (Lipinski definition) is 3. The molecule has 0 bridgehead atoms. The van der Waals surface area contributed by atoms with Gasteiger partial charge in [0.15, 0.2) is 0 Å². The minimum Gasteiger partial charge on any atom is -0.495 e. The van der Waals surface area contributed by atoms with Crippen LogP contribution in [0.3, 0.4) is 0 Å². The van der Waals surface area contributed by atoms with Crippen molar-refractivity contribution in [1.29, 1.82) is 0 Å². The van der Waals surface area contributed by atoms with Gasteiger partial charge in [-0.2, -0.15) is 4.98 Å². The summed E-state index contributed by atoms with van der Waals surface area (Å²) in [5, 5.41) is 9.06. The van der Waals surface area contributed by atoms with E-state index >= 15 is 4.39 Å². The van der Waals surface area contributed by atoms with Crippen molar-refractivity contribution in [3.05, 3.63) is 64.1 Å². The lowest BCUT2D eigenvalue weighted by molar-refractivity contribution is 0.0475. The number of carbonyl (C=O) groups is 2. The molecular weight excluding hydrogens is 555 g/mol. The van der Waals surface area contributed by atoms with Crippen LogP contribution in [0.5, 0.6) is 17.4 Å². The Hall–Kier alpha value is -4.00. The molecule has 2 amide bonds. The summed E-state index contributed by atoms with van der Waals surface area (Å²) < 4.78 is 32.0. The zero-order chi connectivity index (χ0) is 29.3. The van der Waals surface area contributed by atoms with Gasteiger partial charge >= 0.3 is 0 Å². The lowest BCUT2D eigenvalue weighted by atomic mass is 10.0. The van der Waals surface area contributed by atoms with E-state index in [2.05, 4.69) is 25.9 Å². The number of halogens is 2. The van der Waals surface area contributed by atoms with E-state index in [9.17, 15) is 9.59 Å². The van der Waals surface area contributed by atoms with Gasteiger partial charge in [-0.1, -0.05) is 23.7 Å². The Morgan fingerprint density at radius 2 is 2.05 bits per heavy atom. The van der Waals surface area contributed by atoms with Crippen molar-refractivity contribution >= 4 is 35.1 Å². The van der Waals surface area contributed by atoms with Gasteiger partial charge in [0.05, 0.1) is 48.3 Å². The lowest BCUT2D eigenvalue weighted by Gasteiger charge is -2.31. The molecule has 3 atom stereocenters. The molecule has 2 aliphatic heterocycles. The first-order chi connectivity index (χ1) is 19.7. The van der Waals surface area contributed by atoms with E-state index in [1.807, 2.05) is 13.0 Å². The number of nitrogens with one attached hydrogen (secondary N) is 3. The van der Waals surface area contributed by atoms with Gasteiger partial charge in [-0.25, -0.2) is 9.37 Å². The zero-order valence-electron chi connectivity index (χ0n) is 23.0. The molecule has 0 aliphatic carbocycles. The molecule has 11 nitrogen and oxygen atoms in total. The van der Waals surface area contributed by atoms with Gasteiger partial charge in [0.1, 0.15) is 22.3 Å². The third-order valence-electron chi connectivity index (χ3n) is 7.37. The summed E-state index contributed by atoms with van der Waals surface area (Å²) in [4.78, 5) is 35.9. The molecule has 0 radical (unpaired) electrons. The standard InChI is InChI=1S/C28H30ClFN6O5/c1-14-15-6-5-7-21(24(15)27(38)36(14)2)41-26-17(29)12-32-28(35-26)34-20-11-18(30)16(10-22(20)39-3)25(37)33-19-8-9-31-13-23(19)40-4/h5-7,10-12,14,19,23,31H,8-9,13H2,1-4H3,(H,33,37)(H,32,34,35)/t14?,19-,23+/m1/s1. The molecule has 216 valence electrons. The van der Waals surface area contributed by atoms with Crippen LogP contribution in [0.15, 0.2) is 36.5 Å². The van der Waals surface area contributed by atoms with Crippen LogP contribution in [0.2, 0.25) is 5.02 Å². The topological polar surface area (TPSA) is 127 Å². The van der Waals surface area contributed by atoms with Crippen molar-refractivity contribution in [2.45, 2.75) is 31.5 Å². The first-order valence-corrected chi connectivity index (χ1v) is 13.4. The molecule has 3 heterocycles.